The topological polar surface area (TPSA) is 47.6 Å². The summed E-state index contributed by atoms with van der Waals surface area (Å²) in [6, 6.07) is 15.4. The molecule has 0 aliphatic carbocycles. The highest BCUT2D eigenvalue weighted by molar-refractivity contribution is 5.78. The van der Waals surface area contributed by atoms with Gasteiger partial charge in [-0.25, -0.2) is 0 Å². The quantitative estimate of drug-likeness (QED) is 0.930. The van der Waals surface area contributed by atoms with E-state index in [0.29, 0.717) is 5.75 Å². The summed E-state index contributed by atoms with van der Waals surface area (Å²) in [5.74, 6) is 1.41. The first kappa shape index (κ1) is 16.4. The number of rotatable bonds is 4. The number of hydrogen-bond acceptors (Lipinski definition) is 3. The predicted molar refractivity (Wildman–Crippen MR) is 93.3 cm³/mol. The average Bonchev–Trinajstić information content (AvgIpc) is 2.52. The second-order valence-corrected chi connectivity index (χ2v) is 6.83. The first-order valence-electron chi connectivity index (χ1n) is 8.20. The Bertz CT molecular complexity index is 725. The zero-order valence-electron chi connectivity index (χ0n) is 14.3. The Kier molecular flexibility index (Phi) is 4.47. The Morgan fingerprint density at radius 1 is 1.25 bits per heavy atom. The van der Waals surface area contributed by atoms with Crippen molar-refractivity contribution >= 4 is 5.91 Å². The van der Waals surface area contributed by atoms with Crippen molar-refractivity contribution in [2.75, 3.05) is 6.61 Å². The van der Waals surface area contributed by atoms with Crippen LogP contribution in [-0.4, -0.2) is 18.1 Å². The molecule has 0 aromatic heterocycles. The van der Waals surface area contributed by atoms with Crippen molar-refractivity contribution in [3.05, 3.63) is 59.7 Å². The highest BCUT2D eigenvalue weighted by Crippen LogP contribution is 2.39. The lowest BCUT2D eigenvalue weighted by Gasteiger charge is -2.38. The number of aryl methyl sites for hydroxylation is 1. The van der Waals surface area contributed by atoms with E-state index in [4.69, 9.17) is 9.47 Å². The van der Waals surface area contributed by atoms with Gasteiger partial charge in [0.2, 0.25) is 0 Å². The Balaban J connectivity index is 1.69. The summed E-state index contributed by atoms with van der Waals surface area (Å²) >= 11 is 0. The molecule has 0 radical (unpaired) electrons. The van der Waals surface area contributed by atoms with Crippen LogP contribution in [0.3, 0.4) is 0 Å². The first-order chi connectivity index (χ1) is 11.4. The summed E-state index contributed by atoms with van der Waals surface area (Å²) in [6.07, 6.45) is 0.722. The van der Waals surface area contributed by atoms with Crippen LogP contribution >= 0.6 is 0 Å². The van der Waals surface area contributed by atoms with Gasteiger partial charge in [-0.1, -0.05) is 30.3 Å². The Labute approximate surface area is 142 Å². The second kappa shape index (κ2) is 6.56. The third-order valence-electron chi connectivity index (χ3n) is 4.07. The molecular weight excluding hydrogens is 302 g/mol. The van der Waals surface area contributed by atoms with E-state index < -0.39 is 0 Å². The van der Waals surface area contributed by atoms with Gasteiger partial charge in [0.15, 0.2) is 6.61 Å². The third kappa shape index (κ3) is 3.88. The molecule has 0 fully saturated rings. The van der Waals surface area contributed by atoms with Crippen LogP contribution in [0.4, 0.5) is 0 Å². The molecule has 0 bridgehead atoms. The minimum Gasteiger partial charge on any atom is -0.487 e. The Morgan fingerprint density at radius 3 is 2.75 bits per heavy atom. The van der Waals surface area contributed by atoms with Crippen LogP contribution in [-0.2, 0) is 4.79 Å². The summed E-state index contributed by atoms with van der Waals surface area (Å²) in [5, 5.41) is 3.08. The van der Waals surface area contributed by atoms with Crippen LogP contribution in [0.25, 0.3) is 0 Å². The maximum Gasteiger partial charge on any atom is 0.258 e. The molecule has 0 saturated carbocycles. The van der Waals surface area contributed by atoms with Gasteiger partial charge in [0.05, 0.1) is 6.04 Å². The molecule has 1 aliphatic rings. The zero-order chi connectivity index (χ0) is 17.2. The van der Waals surface area contributed by atoms with E-state index in [9.17, 15) is 4.79 Å². The highest BCUT2D eigenvalue weighted by atomic mass is 16.5. The molecule has 1 amide bonds. The van der Waals surface area contributed by atoms with Gasteiger partial charge in [0, 0.05) is 12.0 Å². The van der Waals surface area contributed by atoms with Crippen LogP contribution in [0.5, 0.6) is 11.5 Å². The van der Waals surface area contributed by atoms with E-state index in [2.05, 4.69) is 5.32 Å². The van der Waals surface area contributed by atoms with Gasteiger partial charge >= 0.3 is 0 Å². The van der Waals surface area contributed by atoms with Crippen LogP contribution in [0.2, 0.25) is 0 Å². The maximum atomic E-state index is 12.3. The SMILES string of the molecule is Cc1ccc2c(c1)OC(C)(C)CC2NC(=O)COc1ccccc1. The number of ether oxygens (including phenoxy) is 2. The molecule has 1 unspecified atom stereocenters. The van der Waals surface area contributed by atoms with Crippen molar-refractivity contribution in [1.82, 2.24) is 5.32 Å². The molecule has 3 rings (SSSR count). The van der Waals surface area contributed by atoms with Crippen molar-refractivity contribution in [1.29, 1.82) is 0 Å². The molecule has 1 aliphatic heterocycles. The predicted octanol–water partition coefficient (Wildman–Crippen LogP) is 3.79. The monoisotopic (exact) mass is 325 g/mol. The number of carbonyl (C=O) groups is 1. The minimum absolute atomic E-state index is 0.00297. The van der Waals surface area contributed by atoms with E-state index in [-0.39, 0.29) is 24.2 Å². The Hall–Kier alpha value is -2.49. The Morgan fingerprint density at radius 2 is 2.00 bits per heavy atom. The fourth-order valence-electron chi connectivity index (χ4n) is 2.99. The molecule has 1 heterocycles. The van der Waals surface area contributed by atoms with E-state index in [1.165, 1.54) is 0 Å². The molecule has 1 atom stereocenters. The van der Waals surface area contributed by atoms with Gasteiger partial charge in [-0.15, -0.1) is 0 Å². The van der Waals surface area contributed by atoms with Crippen molar-refractivity contribution in [3.8, 4) is 11.5 Å². The largest absolute Gasteiger partial charge is 0.487 e. The lowest BCUT2D eigenvalue weighted by molar-refractivity contribution is -0.124. The number of carbonyl (C=O) groups excluding carboxylic acids is 1. The maximum absolute atomic E-state index is 12.3. The van der Waals surface area contributed by atoms with Gasteiger partial charge < -0.3 is 14.8 Å². The van der Waals surface area contributed by atoms with E-state index in [1.807, 2.05) is 69.3 Å². The number of amides is 1. The van der Waals surface area contributed by atoms with Crippen molar-refractivity contribution in [3.63, 3.8) is 0 Å². The number of fused-ring (bicyclic) bond motifs is 1. The summed E-state index contributed by atoms with van der Waals surface area (Å²) in [4.78, 5) is 12.3. The van der Waals surface area contributed by atoms with Crippen LogP contribution in [0.1, 0.15) is 37.4 Å². The summed E-state index contributed by atoms with van der Waals surface area (Å²) < 4.78 is 11.6. The van der Waals surface area contributed by atoms with E-state index >= 15 is 0 Å². The molecule has 2 aromatic carbocycles. The lowest BCUT2D eigenvalue weighted by Crippen LogP contribution is -2.42. The second-order valence-electron chi connectivity index (χ2n) is 6.83. The fourth-order valence-corrected chi connectivity index (χ4v) is 2.99. The molecular formula is C20H23NO3. The lowest BCUT2D eigenvalue weighted by atomic mass is 9.89. The van der Waals surface area contributed by atoms with Gasteiger partial charge in [-0.2, -0.15) is 0 Å². The molecule has 0 spiro atoms. The van der Waals surface area contributed by atoms with E-state index in [1.54, 1.807) is 0 Å². The van der Waals surface area contributed by atoms with Crippen LogP contribution < -0.4 is 14.8 Å². The fraction of sp³-hybridized carbons (Fsp3) is 0.350. The van der Waals surface area contributed by atoms with Crippen LogP contribution in [0.15, 0.2) is 48.5 Å². The summed E-state index contributed by atoms with van der Waals surface area (Å²) in [7, 11) is 0. The molecule has 1 N–H and O–H groups in total. The molecule has 24 heavy (non-hydrogen) atoms. The number of nitrogens with one attached hydrogen (secondary N) is 1. The minimum atomic E-state index is -0.320. The first-order valence-corrected chi connectivity index (χ1v) is 8.20. The molecule has 4 heteroatoms. The number of hydrogen-bond donors (Lipinski definition) is 1. The molecule has 2 aromatic rings. The number of benzene rings is 2. The normalized spacial score (nSPS) is 18.2. The third-order valence-corrected chi connectivity index (χ3v) is 4.07. The smallest absolute Gasteiger partial charge is 0.258 e. The number of para-hydroxylation sites is 1. The van der Waals surface area contributed by atoms with Gasteiger partial charge in [-0.05, 0) is 44.5 Å². The standard InChI is InChI=1S/C20H23NO3/c1-14-9-10-16-17(12-20(2,3)24-18(16)11-14)21-19(22)13-23-15-7-5-4-6-8-15/h4-11,17H,12-13H2,1-3H3,(H,21,22). The summed E-state index contributed by atoms with van der Waals surface area (Å²) in [6.45, 7) is 6.12. The molecule has 0 saturated heterocycles. The van der Waals surface area contributed by atoms with Gasteiger partial charge in [-0.3, -0.25) is 4.79 Å². The van der Waals surface area contributed by atoms with Gasteiger partial charge in [0.25, 0.3) is 5.91 Å². The van der Waals surface area contributed by atoms with Crippen molar-refractivity contribution < 1.29 is 14.3 Å². The molecule has 4 nitrogen and oxygen atoms in total. The average molecular weight is 325 g/mol. The zero-order valence-corrected chi connectivity index (χ0v) is 14.3. The van der Waals surface area contributed by atoms with Crippen LogP contribution in [0, 0.1) is 6.92 Å². The van der Waals surface area contributed by atoms with Gasteiger partial charge in [0.1, 0.15) is 17.1 Å². The van der Waals surface area contributed by atoms with E-state index in [0.717, 1.165) is 23.3 Å². The molecule has 126 valence electrons. The summed E-state index contributed by atoms with van der Waals surface area (Å²) in [5.41, 5.74) is 1.84. The van der Waals surface area contributed by atoms with Crippen molar-refractivity contribution in [2.24, 2.45) is 0 Å². The van der Waals surface area contributed by atoms with Crippen molar-refractivity contribution in [2.45, 2.75) is 38.8 Å². The highest BCUT2D eigenvalue weighted by Gasteiger charge is 2.34.